The van der Waals surface area contributed by atoms with E-state index >= 15 is 0 Å². The van der Waals surface area contributed by atoms with Crippen molar-refractivity contribution >= 4 is 22.8 Å². The average Bonchev–Trinajstić information content (AvgIpc) is 2.35. The number of aliphatic hydroxyl groups is 2. The van der Waals surface area contributed by atoms with Gasteiger partial charge in [0.05, 0.1) is 18.2 Å². The summed E-state index contributed by atoms with van der Waals surface area (Å²) in [6.45, 7) is -0.256. The summed E-state index contributed by atoms with van der Waals surface area (Å²) in [6, 6.07) is 7.46. The van der Waals surface area contributed by atoms with E-state index in [1.807, 2.05) is 24.3 Å². The predicted molar refractivity (Wildman–Crippen MR) is 61.1 cm³/mol. The van der Waals surface area contributed by atoms with Crippen molar-refractivity contribution in [2.45, 2.75) is 11.3 Å². The number of hydrogen-bond acceptors (Lipinski definition) is 6. The Labute approximate surface area is 96.5 Å². The Hall–Kier alpha value is -1.24. The van der Waals surface area contributed by atoms with Gasteiger partial charge in [-0.25, -0.2) is 4.98 Å². The van der Waals surface area contributed by atoms with Gasteiger partial charge in [0.1, 0.15) is 5.52 Å². The van der Waals surface area contributed by atoms with Crippen molar-refractivity contribution in [3.05, 3.63) is 24.3 Å². The summed E-state index contributed by atoms with van der Waals surface area (Å²) in [4.78, 5) is 4.28. The Balaban J connectivity index is 2.13. The number of para-hydroxylation sites is 1. The molecule has 0 aliphatic heterocycles. The predicted octanol–water partition coefficient (Wildman–Crippen LogP) is 0.470. The van der Waals surface area contributed by atoms with Crippen LogP contribution >= 0.6 is 11.8 Å². The zero-order valence-electron chi connectivity index (χ0n) is 8.45. The first-order chi connectivity index (χ1) is 7.79. The van der Waals surface area contributed by atoms with E-state index in [1.54, 1.807) is 0 Å². The van der Waals surface area contributed by atoms with E-state index in [-0.39, 0.29) is 6.61 Å². The number of aromatic nitrogens is 3. The van der Waals surface area contributed by atoms with Gasteiger partial charge in [-0.2, -0.15) is 0 Å². The molecule has 0 aliphatic rings. The van der Waals surface area contributed by atoms with E-state index in [9.17, 15) is 5.11 Å². The minimum absolute atomic E-state index is 0.256. The second-order valence-electron chi connectivity index (χ2n) is 3.23. The highest BCUT2D eigenvalue weighted by Gasteiger charge is 2.06. The van der Waals surface area contributed by atoms with Crippen LogP contribution in [0.5, 0.6) is 0 Å². The highest BCUT2D eigenvalue weighted by Crippen LogP contribution is 2.15. The normalized spacial score (nSPS) is 12.9. The molecular formula is C10H11N3O2S. The van der Waals surface area contributed by atoms with E-state index in [4.69, 9.17) is 5.11 Å². The standard InChI is InChI=1S/C10H11N3O2S/c14-5-7(15)6-16-10-11-8-3-1-2-4-9(8)12-13-10/h1-4,7,14-15H,5-6H2. The Morgan fingerprint density at radius 3 is 2.69 bits per heavy atom. The Morgan fingerprint density at radius 1 is 1.19 bits per heavy atom. The molecule has 1 unspecified atom stereocenters. The fourth-order valence-electron chi connectivity index (χ4n) is 1.15. The highest BCUT2D eigenvalue weighted by atomic mass is 32.2. The second-order valence-corrected chi connectivity index (χ2v) is 4.22. The minimum Gasteiger partial charge on any atom is -0.394 e. The Bertz CT molecular complexity index is 480. The summed E-state index contributed by atoms with van der Waals surface area (Å²) in [5.41, 5.74) is 1.52. The number of rotatable bonds is 4. The summed E-state index contributed by atoms with van der Waals surface area (Å²) in [5.74, 6) is 0.358. The number of nitrogens with zero attached hydrogens (tertiary/aromatic N) is 3. The molecule has 1 heterocycles. The molecule has 16 heavy (non-hydrogen) atoms. The Kier molecular flexibility index (Phi) is 3.66. The summed E-state index contributed by atoms with van der Waals surface area (Å²) >= 11 is 1.27. The van der Waals surface area contributed by atoms with E-state index in [1.165, 1.54) is 11.8 Å². The van der Waals surface area contributed by atoms with E-state index in [0.717, 1.165) is 11.0 Å². The van der Waals surface area contributed by atoms with Gasteiger partial charge in [-0.05, 0) is 12.1 Å². The monoisotopic (exact) mass is 237 g/mol. The van der Waals surface area contributed by atoms with E-state index in [2.05, 4.69) is 15.2 Å². The molecule has 84 valence electrons. The summed E-state index contributed by atoms with van der Waals surface area (Å²) in [7, 11) is 0. The molecule has 1 aromatic carbocycles. The van der Waals surface area contributed by atoms with E-state index < -0.39 is 6.10 Å². The third-order valence-electron chi connectivity index (χ3n) is 1.96. The zero-order valence-corrected chi connectivity index (χ0v) is 9.26. The van der Waals surface area contributed by atoms with Gasteiger partial charge in [-0.3, -0.25) is 0 Å². The summed E-state index contributed by atoms with van der Waals surface area (Å²) in [6.07, 6.45) is -0.750. The topological polar surface area (TPSA) is 79.1 Å². The van der Waals surface area contributed by atoms with Crippen molar-refractivity contribution in [3.63, 3.8) is 0 Å². The number of fused-ring (bicyclic) bond motifs is 1. The van der Waals surface area contributed by atoms with Crippen molar-refractivity contribution in [3.8, 4) is 0 Å². The molecule has 2 rings (SSSR count). The lowest BCUT2D eigenvalue weighted by Crippen LogP contribution is -2.14. The van der Waals surface area contributed by atoms with Crippen LogP contribution in [0, 0.1) is 0 Å². The first kappa shape index (κ1) is 11.3. The fraction of sp³-hybridized carbons (Fsp3) is 0.300. The number of benzene rings is 1. The van der Waals surface area contributed by atoms with Crippen molar-refractivity contribution in [1.82, 2.24) is 15.2 Å². The first-order valence-corrected chi connectivity index (χ1v) is 5.79. The molecule has 1 atom stereocenters. The molecule has 0 saturated heterocycles. The maximum absolute atomic E-state index is 9.19. The maximum atomic E-state index is 9.19. The maximum Gasteiger partial charge on any atom is 0.209 e. The van der Waals surface area contributed by atoms with Crippen LogP contribution in [0.1, 0.15) is 0 Å². The lowest BCUT2D eigenvalue weighted by Gasteiger charge is -2.04. The zero-order chi connectivity index (χ0) is 11.4. The Morgan fingerprint density at radius 2 is 1.94 bits per heavy atom. The molecule has 0 bridgehead atoms. The largest absolute Gasteiger partial charge is 0.394 e. The smallest absolute Gasteiger partial charge is 0.209 e. The number of thioether (sulfide) groups is 1. The molecule has 0 radical (unpaired) electrons. The van der Waals surface area contributed by atoms with Gasteiger partial charge in [0.15, 0.2) is 0 Å². The molecule has 0 fully saturated rings. The van der Waals surface area contributed by atoms with Gasteiger partial charge in [-0.1, -0.05) is 23.9 Å². The van der Waals surface area contributed by atoms with Crippen molar-refractivity contribution in [2.75, 3.05) is 12.4 Å². The van der Waals surface area contributed by atoms with Gasteiger partial charge < -0.3 is 10.2 Å². The van der Waals surface area contributed by atoms with Crippen LogP contribution in [0.4, 0.5) is 0 Å². The quantitative estimate of drug-likeness (QED) is 0.752. The van der Waals surface area contributed by atoms with Crippen LogP contribution < -0.4 is 0 Å². The molecule has 2 N–H and O–H groups in total. The third-order valence-corrected chi connectivity index (χ3v) is 2.94. The molecule has 0 aliphatic carbocycles. The molecule has 1 aromatic heterocycles. The van der Waals surface area contributed by atoms with Crippen LogP contribution in [0.15, 0.2) is 29.4 Å². The second kappa shape index (κ2) is 5.20. The van der Waals surface area contributed by atoms with Crippen molar-refractivity contribution in [1.29, 1.82) is 0 Å². The molecular weight excluding hydrogens is 226 g/mol. The van der Waals surface area contributed by atoms with Gasteiger partial charge >= 0.3 is 0 Å². The molecule has 0 saturated carbocycles. The summed E-state index contributed by atoms with van der Waals surface area (Å²) < 4.78 is 0. The van der Waals surface area contributed by atoms with Gasteiger partial charge in [0, 0.05) is 5.75 Å². The van der Waals surface area contributed by atoms with Crippen molar-refractivity contribution in [2.24, 2.45) is 0 Å². The number of aliphatic hydroxyl groups excluding tert-OH is 2. The first-order valence-electron chi connectivity index (χ1n) is 4.81. The lowest BCUT2D eigenvalue weighted by atomic mass is 10.3. The van der Waals surface area contributed by atoms with E-state index in [0.29, 0.717) is 10.9 Å². The SMILES string of the molecule is OCC(O)CSc1nnc2ccccc2n1. The fourth-order valence-corrected chi connectivity index (χ4v) is 1.86. The molecule has 6 heteroatoms. The van der Waals surface area contributed by atoms with Gasteiger partial charge in [-0.15, -0.1) is 10.2 Å². The molecule has 5 nitrogen and oxygen atoms in total. The third kappa shape index (κ3) is 2.66. The number of hydrogen-bond donors (Lipinski definition) is 2. The average molecular weight is 237 g/mol. The van der Waals surface area contributed by atoms with Gasteiger partial charge in [0.25, 0.3) is 0 Å². The van der Waals surface area contributed by atoms with Crippen LogP contribution in [-0.2, 0) is 0 Å². The minimum atomic E-state index is -0.750. The summed E-state index contributed by atoms with van der Waals surface area (Å²) in [5, 5.41) is 26.3. The van der Waals surface area contributed by atoms with Crippen LogP contribution in [0.3, 0.4) is 0 Å². The molecule has 0 amide bonds. The molecule has 2 aromatic rings. The lowest BCUT2D eigenvalue weighted by molar-refractivity contribution is 0.113. The highest BCUT2D eigenvalue weighted by molar-refractivity contribution is 7.99. The van der Waals surface area contributed by atoms with Gasteiger partial charge in [0.2, 0.25) is 5.16 Å². The van der Waals surface area contributed by atoms with Crippen LogP contribution in [0.2, 0.25) is 0 Å². The van der Waals surface area contributed by atoms with Crippen LogP contribution in [0.25, 0.3) is 11.0 Å². The van der Waals surface area contributed by atoms with Crippen molar-refractivity contribution < 1.29 is 10.2 Å². The molecule has 0 spiro atoms. The van der Waals surface area contributed by atoms with Crippen LogP contribution in [-0.4, -0.2) is 43.9 Å².